The number of amides is 1. The van der Waals surface area contributed by atoms with E-state index in [1.165, 1.54) is 23.3 Å². The molecule has 3 nitrogen and oxygen atoms in total. The number of anilines is 1. The fraction of sp³-hybridized carbons (Fsp3) is 0.353. The van der Waals surface area contributed by atoms with E-state index in [0.29, 0.717) is 6.04 Å². The van der Waals surface area contributed by atoms with Crippen molar-refractivity contribution < 1.29 is 4.79 Å². The third-order valence-corrected chi connectivity index (χ3v) is 4.71. The molecule has 0 radical (unpaired) electrons. The summed E-state index contributed by atoms with van der Waals surface area (Å²) in [6, 6.07) is 13.0. The van der Waals surface area contributed by atoms with Crippen LogP contribution in [-0.2, 0) is 11.3 Å². The maximum atomic E-state index is 11.2. The molecule has 1 aromatic carbocycles. The van der Waals surface area contributed by atoms with Gasteiger partial charge in [-0.3, -0.25) is 4.79 Å². The largest absolute Gasteiger partial charge is 0.325 e. The van der Waals surface area contributed by atoms with Crippen LogP contribution in [0.25, 0.3) is 0 Å². The zero-order valence-corrected chi connectivity index (χ0v) is 13.0. The molecule has 0 saturated heterocycles. The Kier molecular flexibility index (Phi) is 4.36. The fourth-order valence-electron chi connectivity index (χ4n) is 2.63. The first-order valence-corrected chi connectivity index (χ1v) is 8.24. The molecule has 4 heteroatoms. The smallest absolute Gasteiger partial charge is 0.221 e. The molecule has 2 N–H and O–H groups in total. The summed E-state index contributed by atoms with van der Waals surface area (Å²) >= 11 is 1.68. The van der Waals surface area contributed by atoms with E-state index in [4.69, 9.17) is 0 Å². The van der Waals surface area contributed by atoms with E-state index in [1.54, 1.807) is 18.3 Å². The lowest BCUT2D eigenvalue weighted by Gasteiger charge is -2.19. The predicted molar refractivity (Wildman–Crippen MR) is 87.4 cm³/mol. The summed E-state index contributed by atoms with van der Waals surface area (Å²) in [5, 5.41) is 8.59. The van der Waals surface area contributed by atoms with Crippen LogP contribution in [-0.4, -0.2) is 5.91 Å². The first kappa shape index (κ1) is 14.3. The summed E-state index contributed by atoms with van der Waals surface area (Å²) in [5.41, 5.74) is 2.29. The first-order chi connectivity index (χ1) is 10.2. The number of thiophene rings is 1. The molecule has 110 valence electrons. The molecular weight excluding hydrogens is 280 g/mol. The summed E-state index contributed by atoms with van der Waals surface area (Å²) in [7, 11) is 0. The van der Waals surface area contributed by atoms with Crippen molar-refractivity contribution in [2.75, 3.05) is 5.32 Å². The molecule has 3 rings (SSSR count). The van der Waals surface area contributed by atoms with Gasteiger partial charge in [0.2, 0.25) is 5.91 Å². The Balaban J connectivity index is 1.68. The molecule has 1 aromatic heterocycles. The molecular formula is C17H20N2OS. The highest BCUT2D eigenvalue weighted by molar-refractivity contribution is 7.10. The molecule has 0 aliphatic heterocycles. The van der Waals surface area contributed by atoms with Crippen LogP contribution < -0.4 is 10.6 Å². The van der Waals surface area contributed by atoms with Gasteiger partial charge < -0.3 is 10.6 Å². The Bertz CT molecular complexity index is 604. The first-order valence-electron chi connectivity index (χ1n) is 7.36. The van der Waals surface area contributed by atoms with Gasteiger partial charge in [0.1, 0.15) is 0 Å². The summed E-state index contributed by atoms with van der Waals surface area (Å²) < 4.78 is 0. The minimum absolute atomic E-state index is 0.0172. The molecule has 1 aliphatic carbocycles. The summed E-state index contributed by atoms with van der Waals surface area (Å²) in [4.78, 5) is 12.4. The SMILES string of the molecule is CC(=O)Nc1ccsc1CNC(c1ccccc1)C1CC1. The van der Waals surface area contributed by atoms with E-state index in [9.17, 15) is 4.79 Å². The second-order valence-electron chi connectivity index (χ2n) is 5.55. The zero-order valence-electron chi connectivity index (χ0n) is 12.1. The standard InChI is InChI=1S/C17H20N2OS/c1-12(20)19-15-9-10-21-16(15)11-18-17(14-7-8-14)13-5-3-2-4-6-13/h2-6,9-10,14,17-18H,7-8,11H2,1H3,(H,19,20). The average molecular weight is 300 g/mol. The van der Waals surface area contributed by atoms with Crippen molar-refractivity contribution in [3.8, 4) is 0 Å². The van der Waals surface area contributed by atoms with E-state index >= 15 is 0 Å². The molecule has 21 heavy (non-hydrogen) atoms. The average Bonchev–Trinajstić information content (AvgIpc) is 3.22. The van der Waals surface area contributed by atoms with Crippen LogP contribution in [0.5, 0.6) is 0 Å². The van der Waals surface area contributed by atoms with Gasteiger partial charge in [-0.2, -0.15) is 0 Å². The van der Waals surface area contributed by atoms with Crippen LogP contribution in [0.2, 0.25) is 0 Å². The maximum Gasteiger partial charge on any atom is 0.221 e. The molecule has 1 amide bonds. The number of nitrogens with one attached hydrogen (secondary N) is 2. The number of hydrogen-bond acceptors (Lipinski definition) is 3. The number of hydrogen-bond donors (Lipinski definition) is 2. The molecule has 2 aromatic rings. The minimum Gasteiger partial charge on any atom is -0.325 e. The Morgan fingerprint density at radius 1 is 1.29 bits per heavy atom. The van der Waals surface area contributed by atoms with Crippen LogP contribution in [0, 0.1) is 5.92 Å². The van der Waals surface area contributed by atoms with E-state index < -0.39 is 0 Å². The van der Waals surface area contributed by atoms with Gasteiger partial charge in [0.25, 0.3) is 0 Å². The predicted octanol–water partition coefficient (Wildman–Crippen LogP) is 3.95. The molecule has 1 heterocycles. The molecule has 1 saturated carbocycles. The van der Waals surface area contributed by atoms with Crippen molar-refractivity contribution in [1.29, 1.82) is 0 Å². The van der Waals surface area contributed by atoms with Gasteiger partial charge in [0, 0.05) is 24.4 Å². The Hall–Kier alpha value is -1.65. The monoisotopic (exact) mass is 300 g/mol. The van der Waals surface area contributed by atoms with Gasteiger partial charge >= 0.3 is 0 Å². The molecule has 1 aliphatic rings. The second-order valence-corrected chi connectivity index (χ2v) is 6.55. The number of carbonyl (C=O) groups is 1. The zero-order chi connectivity index (χ0) is 14.7. The highest BCUT2D eigenvalue weighted by Crippen LogP contribution is 2.41. The third-order valence-electron chi connectivity index (χ3n) is 3.79. The number of carbonyl (C=O) groups excluding carboxylic acids is 1. The Morgan fingerprint density at radius 2 is 2.05 bits per heavy atom. The summed E-state index contributed by atoms with van der Waals surface area (Å²) in [6.45, 7) is 2.34. The third kappa shape index (κ3) is 3.71. The highest BCUT2D eigenvalue weighted by atomic mass is 32.1. The molecule has 1 fully saturated rings. The maximum absolute atomic E-state index is 11.2. The lowest BCUT2D eigenvalue weighted by Crippen LogP contribution is -2.22. The van der Waals surface area contributed by atoms with Crippen molar-refractivity contribution in [3.05, 3.63) is 52.2 Å². The van der Waals surface area contributed by atoms with Gasteiger partial charge in [0.15, 0.2) is 0 Å². The van der Waals surface area contributed by atoms with Crippen molar-refractivity contribution >= 4 is 22.9 Å². The molecule has 1 atom stereocenters. The van der Waals surface area contributed by atoms with Crippen molar-refractivity contribution in [2.24, 2.45) is 5.92 Å². The Labute approximate surface area is 129 Å². The topological polar surface area (TPSA) is 41.1 Å². The lowest BCUT2D eigenvalue weighted by atomic mass is 10.0. The van der Waals surface area contributed by atoms with E-state index in [1.807, 2.05) is 11.4 Å². The van der Waals surface area contributed by atoms with Gasteiger partial charge in [-0.1, -0.05) is 30.3 Å². The van der Waals surface area contributed by atoms with Crippen LogP contribution in [0.4, 0.5) is 5.69 Å². The van der Waals surface area contributed by atoms with Crippen LogP contribution in [0.15, 0.2) is 41.8 Å². The van der Waals surface area contributed by atoms with Crippen molar-refractivity contribution in [1.82, 2.24) is 5.32 Å². The highest BCUT2D eigenvalue weighted by Gasteiger charge is 2.31. The summed E-state index contributed by atoms with van der Waals surface area (Å²) in [6.07, 6.45) is 2.60. The second kappa shape index (κ2) is 6.41. The molecule has 0 spiro atoms. The Morgan fingerprint density at radius 3 is 2.71 bits per heavy atom. The van der Waals surface area contributed by atoms with Crippen molar-refractivity contribution in [3.63, 3.8) is 0 Å². The quantitative estimate of drug-likeness (QED) is 0.848. The van der Waals surface area contributed by atoms with Crippen LogP contribution >= 0.6 is 11.3 Å². The minimum atomic E-state index is -0.0172. The molecule has 1 unspecified atom stereocenters. The van der Waals surface area contributed by atoms with Crippen LogP contribution in [0.1, 0.15) is 36.2 Å². The number of benzene rings is 1. The lowest BCUT2D eigenvalue weighted by molar-refractivity contribution is -0.114. The number of rotatable bonds is 6. The molecule has 0 bridgehead atoms. The van der Waals surface area contributed by atoms with Crippen LogP contribution in [0.3, 0.4) is 0 Å². The van der Waals surface area contributed by atoms with Gasteiger partial charge in [-0.15, -0.1) is 11.3 Å². The van der Waals surface area contributed by atoms with E-state index in [2.05, 4.69) is 41.0 Å². The van der Waals surface area contributed by atoms with E-state index in [-0.39, 0.29) is 5.91 Å². The van der Waals surface area contributed by atoms with Gasteiger partial charge in [0.05, 0.1) is 5.69 Å². The van der Waals surface area contributed by atoms with E-state index in [0.717, 1.165) is 18.2 Å². The summed E-state index contributed by atoms with van der Waals surface area (Å²) in [5.74, 6) is 0.730. The normalized spacial score (nSPS) is 15.7. The van der Waals surface area contributed by atoms with Crippen molar-refractivity contribution in [2.45, 2.75) is 32.4 Å². The van der Waals surface area contributed by atoms with Gasteiger partial charge in [-0.25, -0.2) is 0 Å². The fourth-order valence-corrected chi connectivity index (χ4v) is 3.41. The van der Waals surface area contributed by atoms with Gasteiger partial charge in [-0.05, 0) is 35.8 Å².